The fourth-order valence-corrected chi connectivity index (χ4v) is 4.74. The van der Waals surface area contributed by atoms with Crippen molar-refractivity contribution in [2.75, 3.05) is 19.1 Å². The molecule has 6 nitrogen and oxygen atoms in total. The molecular weight excluding hydrogens is 426 g/mol. The van der Waals surface area contributed by atoms with Crippen molar-refractivity contribution in [2.24, 2.45) is 0 Å². The third-order valence-electron chi connectivity index (χ3n) is 5.54. The molecule has 0 radical (unpaired) electrons. The second kappa shape index (κ2) is 8.51. The number of ether oxygens (including phenoxy) is 2. The molecule has 1 unspecified atom stereocenters. The van der Waals surface area contributed by atoms with Crippen LogP contribution in [0.1, 0.15) is 27.6 Å². The number of nitrogens with zero attached hydrogens (tertiary/aromatic N) is 1. The molecule has 3 aromatic rings. The minimum Gasteiger partial charge on any atom is -0.507 e. The molecule has 164 valence electrons. The summed E-state index contributed by atoms with van der Waals surface area (Å²) in [7, 11) is 3.01. The topological polar surface area (TPSA) is 76.1 Å². The summed E-state index contributed by atoms with van der Waals surface area (Å²) in [4.78, 5) is 28.7. The van der Waals surface area contributed by atoms with Gasteiger partial charge in [-0.05, 0) is 60.7 Å². The minimum absolute atomic E-state index is 0.0468. The summed E-state index contributed by atoms with van der Waals surface area (Å²) in [5.74, 6) is -0.742. The minimum atomic E-state index is -0.733. The van der Waals surface area contributed by atoms with Crippen molar-refractivity contribution < 1.29 is 24.2 Å². The Morgan fingerprint density at radius 1 is 1.00 bits per heavy atom. The smallest absolute Gasteiger partial charge is 0.300 e. The highest BCUT2D eigenvalue weighted by Gasteiger charge is 2.47. The van der Waals surface area contributed by atoms with E-state index in [-0.39, 0.29) is 11.3 Å². The number of hydrogen-bond donors (Lipinski definition) is 1. The van der Waals surface area contributed by atoms with Crippen molar-refractivity contribution in [3.05, 3.63) is 81.1 Å². The van der Waals surface area contributed by atoms with E-state index in [4.69, 9.17) is 9.47 Å². The van der Waals surface area contributed by atoms with Crippen molar-refractivity contribution in [1.29, 1.82) is 0 Å². The van der Waals surface area contributed by atoms with Crippen molar-refractivity contribution in [3.8, 4) is 11.5 Å². The largest absolute Gasteiger partial charge is 0.507 e. The van der Waals surface area contributed by atoms with Gasteiger partial charge in [0.05, 0.1) is 19.8 Å². The predicted molar refractivity (Wildman–Crippen MR) is 125 cm³/mol. The molecule has 1 saturated heterocycles. The number of benzene rings is 2. The number of rotatable bonds is 5. The van der Waals surface area contributed by atoms with E-state index in [2.05, 4.69) is 0 Å². The van der Waals surface area contributed by atoms with Crippen LogP contribution in [0.15, 0.2) is 59.5 Å². The molecule has 2 heterocycles. The van der Waals surface area contributed by atoms with Crippen molar-refractivity contribution >= 4 is 34.5 Å². The van der Waals surface area contributed by atoms with E-state index in [0.29, 0.717) is 22.7 Å². The third-order valence-corrected chi connectivity index (χ3v) is 6.46. The highest BCUT2D eigenvalue weighted by Crippen LogP contribution is 2.45. The first kappa shape index (κ1) is 21.6. The number of ketones is 1. The Bertz CT molecular complexity index is 1230. The van der Waals surface area contributed by atoms with Crippen LogP contribution in [0.4, 0.5) is 5.69 Å². The molecule has 32 heavy (non-hydrogen) atoms. The van der Waals surface area contributed by atoms with E-state index in [9.17, 15) is 14.7 Å². The van der Waals surface area contributed by atoms with Crippen LogP contribution in [-0.2, 0) is 9.59 Å². The van der Waals surface area contributed by atoms with Gasteiger partial charge in [-0.2, -0.15) is 0 Å². The van der Waals surface area contributed by atoms with Gasteiger partial charge in [-0.15, -0.1) is 11.3 Å². The number of carbonyl (C=O) groups is 2. The number of anilines is 1. The maximum absolute atomic E-state index is 13.2. The van der Waals surface area contributed by atoms with Gasteiger partial charge in [0.1, 0.15) is 11.8 Å². The first-order valence-electron chi connectivity index (χ1n) is 10.0. The highest BCUT2D eigenvalue weighted by atomic mass is 32.1. The van der Waals surface area contributed by atoms with Crippen molar-refractivity contribution in [2.45, 2.75) is 19.9 Å². The van der Waals surface area contributed by atoms with Crippen LogP contribution >= 0.6 is 11.3 Å². The van der Waals surface area contributed by atoms with Crippen LogP contribution in [0, 0.1) is 13.8 Å². The summed E-state index contributed by atoms with van der Waals surface area (Å²) in [6.07, 6.45) is 0. The number of thiophene rings is 1. The predicted octanol–water partition coefficient (Wildman–Crippen LogP) is 5.01. The fourth-order valence-electron chi connectivity index (χ4n) is 3.91. The molecule has 7 heteroatoms. The van der Waals surface area contributed by atoms with E-state index >= 15 is 0 Å². The molecule has 1 aromatic heterocycles. The van der Waals surface area contributed by atoms with E-state index in [1.807, 2.05) is 49.6 Å². The van der Waals surface area contributed by atoms with E-state index in [1.54, 1.807) is 18.2 Å². The lowest BCUT2D eigenvalue weighted by atomic mass is 9.99. The summed E-state index contributed by atoms with van der Waals surface area (Å²) in [5.41, 5.74) is 2.90. The zero-order valence-electron chi connectivity index (χ0n) is 18.2. The standard InChI is InChI=1S/C25H23NO5S/c1-14-7-8-15(2)17(12-14)26-22(20-6-5-11-32-20)21(24(28)25(26)29)23(27)16-9-10-18(30-3)19(13-16)31-4/h5-13,22,27H,1-4H3/b23-21-. The molecule has 1 amide bonds. The van der Waals surface area contributed by atoms with Crippen LogP contribution < -0.4 is 14.4 Å². The molecule has 0 bridgehead atoms. The molecule has 0 saturated carbocycles. The summed E-state index contributed by atoms with van der Waals surface area (Å²) < 4.78 is 10.6. The average molecular weight is 450 g/mol. The molecule has 1 fully saturated rings. The SMILES string of the molecule is COc1ccc(/C(O)=C2/C(=O)C(=O)N(c3cc(C)ccc3C)C2c2cccs2)cc1OC. The molecular formula is C25H23NO5S. The van der Waals surface area contributed by atoms with Gasteiger partial charge in [0, 0.05) is 16.1 Å². The molecule has 0 aliphatic carbocycles. The summed E-state index contributed by atoms with van der Waals surface area (Å²) in [6.45, 7) is 3.83. The van der Waals surface area contributed by atoms with Crippen LogP contribution in [0.5, 0.6) is 11.5 Å². The first-order chi connectivity index (χ1) is 15.4. The number of methoxy groups -OCH3 is 2. The normalized spacial score (nSPS) is 17.6. The Morgan fingerprint density at radius 3 is 2.41 bits per heavy atom. The van der Waals surface area contributed by atoms with Crippen LogP contribution in [-0.4, -0.2) is 31.0 Å². The number of hydrogen-bond acceptors (Lipinski definition) is 6. The summed E-state index contributed by atoms with van der Waals surface area (Å²) in [5, 5.41) is 13.1. The van der Waals surface area contributed by atoms with Crippen LogP contribution in [0.25, 0.3) is 5.76 Å². The maximum Gasteiger partial charge on any atom is 0.300 e. The van der Waals surface area contributed by atoms with Crippen LogP contribution in [0.3, 0.4) is 0 Å². The quantitative estimate of drug-likeness (QED) is 0.337. The summed E-state index contributed by atoms with van der Waals surface area (Å²) in [6, 6.07) is 13.6. The number of aryl methyl sites for hydroxylation is 2. The highest BCUT2D eigenvalue weighted by molar-refractivity contribution is 7.10. The van der Waals surface area contributed by atoms with Gasteiger partial charge in [0.25, 0.3) is 11.7 Å². The number of carbonyl (C=O) groups excluding carboxylic acids is 2. The van der Waals surface area contributed by atoms with Gasteiger partial charge in [0.2, 0.25) is 0 Å². The molecule has 0 spiro atoms. The fraction of sp³-hybridized carbons (Fsp3) is 0.200. The van der Waals surface area contributed by atoms with Gasteiger partial charge in [0.15, 0.2) is 11.5 Å². The van der Waals surface area contributed by atoms with E-state index in [0.717, 1.165) is 16.0 Å². The lowest BCUT2D eigenvalue weighted by Crippen LogP contribution is -2.29. The lowest BCUT2D eigenvalue weighted by Gasteiger charge is -2.26. The monoisotopic (exact) mass is 449 g/mol. The lowest BCUT2D eigenvalue weighted by molar-refractivity contribution is -0.132. The van der Waals surface area contributed by atoms with E-state index in [1.165, 1.54) is 30.5 Å². The summed E-state index contributed by atoms with van der Waals surface area (Å²) >= 11 is 1.43. The second-order valence-electron chi connectivity index (χ2n) is 7.54. The molecule has 1 N–H and O–H groups in total. The van der Waals surface area contributed by atoms with Gasteiger partial charge in [-0.3, -0.25) is 14.5 Å². The Labute approximate surface area is 190 Å². The van der Waals surface area contributed by atoms with Crippen molar-refractivity contribution in [1.82, 2.24) is 0 Å². The molecule has 4 rings (SSSR count). The molecule has 2 aromatic carbocycles. The Morgan fingerprint density at radius 2 is 1.75 bits per heavy atom. The average Bonchev–Trinajstić information content (AvgIpc) is 3.41. The number of aliphatic hydroxyl groups excluding tert-OH is 1. The third kappa shape index (κ3) is 3.54. The number of aliphatic hydroxyl groups is 1. The first-order valence-corrected chi connectivity index (χ1v) is 10.9. The van der Waals surface area contributed by atoms with E-state index < -0.39 is 17.7 Å². The maximum atomic E-state index is 13.2. The zero-order chi connectivity index (χ0) is 23.0. The second-order valence-corrected chi connectivity index (χ2v) is 8.52. The van der Waals surface area contributed by atoms with Gasteiger partial charge >= 0.3 is 0 Å². The van der Waals surface area contributed by atoms with Crippen molar-refractivity contribution in [3.63, 3.8) is 0 Å². The van der Waals surface area contributed by atoms with Gasteiger partial charge in [-0.25, -0.2) is 0 Å². The Hall–Kier alpha value is -3.58. The molecule has 1 aliphatic heterocycles. The zero-order valence-corrected chi connectivity index (χ0v) is 19.0. The van der Waals surface area contributed by atoms with Crippen LogP contribution in [0.2, 0.25) is 0 Å². The molecule has 1 atom stereocenters. The Balaban J connectivity index is 1.94. The van der Waals surface area contributed by atoms with Gasteiger partial charge in [-0.1, -0.05) is 18.2 Å². The number of Topliss-reactive ketones (excluding diaryl/α,β-unsaturated/α-hetero) is 1. The van der Waals surface area contributed by atoms with Gasteiger partial charge < -0.3 is 14.6 Å². The molecule has 1 aliphatic rings. The Kier molecular flexibility index (Phi) is 5.76. The number of amides is 1.